The van der Waals surface area contributed by atoms with E-state index in [4.69, 9.17) is 0 Å². The zero-order valence-electron chi connectivity index (χ0n) is 10.8. The van der Waals surface area contributed by atoms with Gasteiger partial charge >= 0.3 is 5.97 Å². The molecular formula is C16H15NO2. The van der Waals surface area contributed by atoms with Crippen LogP contribution in [0.5, 0.6) is 0 Å². The minimum atomic E-state index is -0.942. The number of carbonyl (C=O) groups is 1. The summed E-state index contributed by atoms with van der Waals surface area (Å²) >= 11 is 0. The summed E-state index contributed by atoms with van der Waals surface area (Å²) in [5.41, 5.74) is 1.63. The second kappa shape index (κ2) is 5.92. The second-order valence-electron chi connectivity index (χ2n) is 4.15. The minimum absolute atomic E-state index is 0.263. The van der Waals surface area contributed by atoms with Gasteiger partial charge in [0.2, 0.25) is 0 Å². The molecule has 1 aromatic carbocycles. The number of para-hydroxylation sites is 1. The molecule has 0 atom stereocenters. The summed E-state index contributed by atoms with van der Waals surface area (Å²) in [6.45, 7) is 2.06. The smallest absolute Gasteiger partial charge is 0.337 e. The van der Waals surface area contributed by atoms with E-state index in [0.29, 0.717) is 5.69 Å². The van der Waals surface area contributed by atoms with Crippen LogP contribution in [0.2, 0.25) is 0 Å². The minimum Gasteiger partial charge on any atom is -0.478 e. The summed E-state index contributed by atoms with van der Waals surface area (Å²) in [5, 5.41) is 9.30. The number of aromatic carboxylic acids is 1. The third kappa shape index (κ3) is 2.86. The predicted octanol–water partition coefficient (Wildman–Crippen LogP) is 3.33. The van der Waals surface area contributed by atoms with Gasteiger partial charge in [-0.05, 0) is 30.7 Å². The molecule has 1 aromatic heterocycles. The molecule has 0 saturated heterocycles. The van der Waals surface area contributed by atoms with Gasteiger partial charge in [0, 0.05) is 24.4 Å². The molecule has 1 N–H and O–H groups in total. The zero-order chi connectivity index (χ0) is 13.7. The van der Waals surface area contributed by atoms with Gasteiger partial charge in [-0.3, -0.25) is 0 Å². The van der Waals surface area contributed by atoms with Crippen LogP contribution in [0.1, 0.15) is 35.7 Å². The monoisotopic (exact) mass is 253 g/mol. The molecule has 0 unspecified atom stereocenters. The largest absolute Gasteiger partial charge is 0.478 e. The zero-order valence-corrected chi connectivity index (χ0v) is 10.8. The number of carboxylic acid groups (broad SMARTS) is 1. The highest BCUT2D eigenvalue weighted by Gasteiger charge is 2.13. The highest BCUT2D eigenvalue weighted by Crippen LogP contribution is 2.20. The normalized spacial score (nSPS) is 9.74. The van der Waals surface area contributed by atoms with Gasteiger partial charge in [0.15, 0.2) is 0 Å². The Kier molecular flexibility index (Phi) is 4.04. The van der Waals surface area contributed by atoms with Gasteiger partial charge in [-0.1, -0.05) is 24.8 Å². The maximum absolute atomic E-state index is 11.3. The molecule has 0 bridgehead atoms. The Morgan fingerprint density at radius 2 is 2.00 bits per heavy atom. The van der Waals surface area contributed by atoms with E-state index in [1.165, 1.54) is 0 Å². The number of hydrogen-bond acceptors (Lipinski definition) is 1. The predicted molar refractivity (Wildman–Crippen MR) is 74.5 cm³/mol. The maximum atomic E-state index is 11.3. The van der Waals surface area contributed by atoms with Gasteiger partial charge in [0.05, 0.1) is 11.3 Å². The number of aromatic nitrogens is 1. The molecule has 3 heteroatoms. The lowest BCUT2D eigenvalue weighted by Crippen LogP contribution is -2.06. The highest BCUT2D eigenvalue weighted by atomic mass is 16.4. The third-order valence-electron chi connectivity index (χ3n) is 2.73. The average Bonchev–Trinajstić information content (AvgIpc) is 2.92. The lowest BCUT2D eigenvalue weighted by molar-refractivity contribution is 0.0697. The Bertz CT molecular complexity index is 631. The van der Waals surface area contributed by atoms with Crippen molar-refractivity contribution < 1.29 is 9.90 Å². The molecule has 0 amide bonds. The number of carboxylic acids is 1. The van der Waals surface area contributed by atoms with Gasteiger partial charge in [-0.2, -0.15) is 0 Å². The standard InChI is InChI=1S/C16H15NO2/c1-2-3-4-8-13-9-7-10-14(16(18)19)15(13)17-11-5-6-12-17/h5-7,9-12H,2-3H2,1H3,(H,18,19). The Morgan fingerprint density at radius 1 is 1.26 bits per heavy atom. The second-order valence-corrected chi connectivity index (χ2v) is 4.15. The topological polar surface area (TPSA) is 42.2 Å². The van der Waals surface area contributed by atoms with Crippen LogP contribution in [0.25, 0.3) is 5.69 Å². The summed E-state index contributed by atoms with van der Waals surface area (Å²) < 4.78 is 1.79. The lowest BCUT2D eigenvalue weighted by atomic mass is 10.1. The fraction of sp³-hybridized carbons (Fsp3) is 0.188. The molecule has 3 nitrogen and oxygen atoms in total. The SMILES string of the molecule is CCCC#Cc1cccc(C(=O)O)c1-n1cccc1. The summed E-state index contributed by atoms with van der Waals surface area (Å²) in [6.07, 6.45) is 5.45. The number of rotatable bonds is 3. The van der Waals surface area contributed by atoms with E-state index in [2.05, 4.69) is 18.8 Å². The number of hydrogen-bond donors (Lipinski definition) is 1. The summed E-state index contributed by atoms with van der Waals surface area (Å²) in [7, 11) is 0. The molecule has 0 aliphatic carbocycles. The van der Waals surface area contributed by atoms with Crippen molar-refractivity contribution in [3.63, 3.8) is 0 Å². The van der Waals surface area contributed by atoms with Crippen molar-refractivity contribution in [2.45, 2.75) is 19.8 Å². The third-order valence-corrected chi connectivity index (χ3v) is 2.73. The van der Waals surface area contributed by atoms with E-state index in [-0.39, 0.29) is 5.56 Å². The molecule has 2 rings (SSSR count). The average molecular weight is 253 g/mol. The van der Waals surface area contributed by atoms with Crippen molar-refractivity contribution in [2.24, 2.45) is 0 Å². The Balaban J connectivity index is 2.58. The number of nitrogens with zero attached hydrogens (tertiary/aromatic N) is 1. The van der Waals surface area contributed by atoms with Crippen LogP contribution >= 0.6 is 0 Å². The molecule has 0 radical (unpaired) electrons. The van der Waals surface area contributed by atoms with E-state index < -0.39 is 5.97 Å². The van der Waals surface area contributed by atoms with E-state index in [1.807, 2.05) is 30.6 Å². The van der Waals surface area contributed by atoms with Crippen molar-refractivity contribution >= 4 is 5.97 Å². The fourth-order valence-corrected chi connectivity index (χ4v) is 1.86. The summed E-state index contributed by atoms with van der Waals surface area (Å²) in [5.74, 6) is 5.19. The van der Waals surface area contributed by atoms with Gasteiger partial charge in [-0.25, -0.2) is 4.79 Å². The molecule has 0 aliphatic rings. The lowest BCUT2D eigenvalue weighted by Gasteiger charge is -2.10. The quantitative estimate of drug-likeness (QED) is 0.852. The molecule has 1 heterocycles. The van der Waals surface area contributed by atoms with Gasteiger partial charge < -0.3 is 9.67 Å². The number of benzene rings is 1. The molecule has 2 aromatic rings. The van der Waals surface area contributed by atoms with Gasteiger partial charge in [-0.15, -0.1) is 0 Å². The van der Waals surface area contributed by atoms with E-state index in [9.17, 15) is 9.90 Å². The Labute approximate surface area is 112 Å². The highest BCUT2D eigenvalue weighted by molar-refractivity contribution is 5.93. The van der Waals surface area contributed by atoms with Gasteiger partial charge in [0.25, 0.3) is 0 Å². The van der Waals surface area contributed by atoms with Crippen LogP contribution in [0.4, 0.5) is 0 Å². The molecular weight excluding hydrogens is 238 g/mol. The summed E-state index contributed by atoms with van der Waals surface area (Å²) in [4.78, 5) is 11.3. The molecule has 96 valence electrons. The maximum Gasteiger partial charge on any atom is 0.337 e. The number of unbranched alkanes of at least 4 members (excludes halogenated alkanes) is 1. The van der Waals surface area contributed by atoms with E-state index >= 15 is 0 Å². The van der Waals surface area contributed by atoms with Crippen molar-refractivity contribution in [1.82, 2.24) is 4.57 Å². The Hall–Kier alpha value is -2.47. The first-order valence-electron chi connectivity index (χ1n) is 6.22. The molecule has 0 saturated carbocycles. The molecule has 0 fully saturated rings. The first kappa shape index (κ1) is 13.0. The van der Waals surface area contributed by atoms with Crippen LogP contribution in [0.15, 0.2) is 42.7 Å². The van der Waals surface area contributed by atoms with E-state index in [0.717, 1.165) is 18.4 Å². The van der Waals surface area contributed by atoms with Crippen LogP contribution < -0.4 is 0 Å². The Morgan fingerprint density at radius 3 is 2.63 bits per heavy atom. The molecule has 0 spiro atoms. The summed E-state index contributed by atoms with van der Waals surface area (Å²) in [6, 6.07) is 8.91. The van der Waals surface area contributed by atoms with Crippen molar-refractivity contribution in [2.75, 3.05) is 0 Å². The molecule has 19 heavy (non-hydrogen) atoms. The van der Waals surface area contributed by atoms with Crippen molar-refractivity contribution in [3.8, 4) is 17.5 Å². The first-order valence-corrected chi connectivity index (χ1v) is 6.22. The molecule has 0 aliphatic heterocycles. The van der Waals surface area contributed by atoms with Crippen LogP contribution in [-0.4, -0.2) is 15.6 Å². The fourth-order valence-electron chi connectivity index (χ4n) is 1.86. The van der Waals surface area contributed by atoms with Crippen LogP contribution in [0, 0.1) is 11.8 Å². The first-order chi connectivity index (χ1) is 9.24. The van der Waals surface area contributed by atoms with Crippen molar-refractivity contribution in [3.05, 3.63) is 53.9 Å². The van der Waals surface area contributed by atoms with Crippen LogP contribution in [0.3, 0.4) is 0 Å². The van der Waals surface area contributed by atoms with Crippen LogP contribution in [-0.2, 0) is 0 Å². The van der Waals surface area contributed by atoms with Gasteiger partial charge in [0.1, 0.15) is 0 Å². The van der Waals surface area contributed by atoms with E-state index in [1.54, 1.807) is 16.7 Å². The van der Waals surface area contributed by atoms with Crippen molar-refractivity contribution in [1.29, 1.82) is 0 Å².